The molecule has 0 fully saturated rings. The summed E-state index contributed by atoms with van der Waals surface area (Å²) in [6.07, 6.45) is 4.83. The number of furan rings is 1. The van der Waals surface area contributed by atoms with E-state index in [2.05, 4.69) is 32.6 Å². The molecular weight excluding hydrogens is 302 g/mol. The van der Waals surface area contributed by atoms with Crippen LogP contribution >= 0.6 is 34.2 Å². The Bertz CT molecular complexity index is 416. The summed E-state index contributed by atoms with van der Waals surface area (Å²) in [6, 6.07) is 1.79. The lowest BCUT2D eigenvalue weighted by molar-refractivity contribution is 0.568. The highest BCUT2D eigenvalue weighted by Crippen LogP contribution is 2.20. The summed E-state index contributed by atoms with van der Waals surface area (Å²) in [7, 11) is 0. The van der Waals surface area contributed by atoms with Crippen LogP contribution < -0.4 is 0 Å². The standard InChI is InChI=1S/C8H4ClIN2O/c9-7-6(10)3-11-8(12-7)5-1-2-13-4-5/h1-4H. The van der Waals surface area contributed by atoms with Gasteiger partial charge in [-0.2, -0.15) is 0 Å². The lowest BCUT2D eigenvalue weighted by Crippen LogP contribution is -1.89. The van der Waals surface area contributed by atoms with Gasteiger partial charge in [0.1, 0.15) is 11.4 Å². The SMILES string of the molecule is Clc1nc(-c2ccoc2)ncc1I. The van der Waals surface area contributed by atoms with Gasteiger partial charge in [0.05, 0.1) is 15.4 Å². The topological polar surface area (TPSA) is 38.9 Å². The fourth-order valence-corrected chi connectivity index (χ4v) is 1.27. The van der Waals surface area contributed by atoms with Gasteiger partial charge in [0.2, 0.25) is 0 Å². The van der Waals surface area contributed by atoms with Crippen LogP contribution in [0.3, 0.4) is 0 Å². The molecule has 2 heterocycles. The lowest BCUT2D eigenvalue weighted by atomic mass is 10.3. The highest BCUT2D eigenvalue weighted by Gasteiger charge is 2.05. The van der Waals surface area contributed by atoms with Gasteiger partial charge < -0.3 is 4.42 Å². The van der Waals surface area contributed by atoms with Gasteiger partial charge in [0.15, 0.2) is 5.82 Å². The van der Waals surface area contributed by atoms with Gasteiger partial charge in [-0.1, -0.05) is 11.6 Å². The zero-order valence-electron chi connectivity index (χ0n) is 6.37. The van der Waals surface area contributed by atoms with Gasteiger partial charge in [0.25, 0.3) is 0 Å². The fraction of sp³-hybridized carbons (Fsp3) is 0. The highest BCUT2D eigenvalue weighted by molar-refractivity contribution is 14.1. The first-order valence-corrected chi connectivity index (χ1v) is 4.93. The predicted octanol–water partition coefficient (Wildman–Crippen LogP) is 2.99. The maximum atomic E-state index is 5.84. The Morgan fingerprint density at radius 3 is 2.92 bits per heavy atom. The van der Waals surface area contributed by atoms with Crippen LogP contribution in [0.1, 0.15) is 0 Å². The molecule has 0 unspecified atom stereocenters. The molecule has 0 aliphatic heterocycles. The number of halogens is 2. The van der Waals surface area contributed by atoms with Crippen LogP contribution in [-0.4, -0.2) is 9.97 Å². The Balaban J connectivity index is 2.49. The van der Waals surface area contributed by atoms with Crippen LogP contribution in [0.2, 0.25) is 5.15 Å². The summed E-state index contributed by atoms with van der Waals surface area (Å²) in [5.41, 5.74) is 0.832. The number of aromatic nitrogens is 2. The van der Waals surface area contributed by atoms with Gasteiger partial charge in [-0.25, -0.2) is 9.97 Å². The van der Waals surface area contributed by atoms with E-state index in [1.54, 1.807) is 24.8 Å². The molecule has 0 spiro atoms. The molecule has 13 heavy (non-hydrogen) atoms. The van der Waals surface area contributed by atoms with Gasteiger partial charge in [-0.05, 0) is 28.7 Å². The summed E-state index contributed by atoms with van der Waals surface area (Å²) in [5.74, 6) is 0.583. The van der Waals surface area contributed by atoms with Crippen LogP contribution in [0.25, 0.3) is 11.4 Å². The van der Waals surface area contributed by atoms with E-state index in [4.69, 9.17) is 16.0 Å². The third-order valence-electron chi connectivity index (χ3n) is 1.48. The molecular formula is C8H4ClIN2O. The second kappa shape index (κ2) is 3.63. The molecule has 2 aromatic heterocycles. The molecule has 5 heteroatoms. The monoisotopic (exact) mass is 306 g/mol. The van der Waals surface area contributed by atoms with Crippen molar-refractivity contribution in [3.63, 3.8) is 0 Å². The van der Waals surface area contributed by atoms with Crippen LogP contribution in [0, 0.1) is 3.57 Å². The van der Waals surface area contributed by atoms with Gasteiger partial charge in [-0.15, -0.1) is 0 Å². The summed E-state index contributed by atoms with van der Waals surface area (Å²) in [4.78, 5) is 8.22. The Hall–Kier alpha value is -0.620. The Morgan fingerprint density at radius 2 is 2.31 bits per heavy atom. The molecule has 0 N–H and O–H groups in total. The molecule has 0 aromatic carbocycles. The summed E-state index contributed by atoms with van der Waals surface area (Å²) >= 11 is 7.92. The largest absolute Gasteiger partial charge is 0.472 e. The molecule has 2 aromatic rings. The molecule has 0 bridgehead atoms. The quantitative estimate of drug-likeness (QED) is 0.600. The van der Waals surface area contributed by atoms with Crippen LogP contribution in [-0.2, 0) is 0 Å². The first-order valence-electron chi connectivity index (χ1n) is 3.48. The zero-order valence-corrected chi connectivity index (χ0v) is 9.28. The van der Waals surface area contributed by atoms with Gasteiger partial charge in [0, 0.05) is 6.20 Å². The summed E-state index contributed by atoms with van der Waals surface area (Å²) in [6.45, 7) is 0. The minimum absolute atomic E-state index is 0.465. The molecule has 0 aliphatic rings. The van der Waals surface area contributed by atoms with Crippen molar-refractivity contribution in [2.24, 2.45) is 0 Å². The van der Waals surface area contributed by atoms with Crippen LogP contribution in [0.4, 0.5) is 0 Å². The molecule has 0 saturated heterocycles. The minimum Gasteiger partial charge on any atom is -0.472 e. The second-order valence-electron chi connectivity index (χ2n) is 2.34. The van der Waals surface area contributed by atoms with Crippen LogP contribution in [0.15, 0.2) is 29.2 Å². The van der Waals surface area contributed by atoms with Crippen molar-refractivity contribution < 1.29 is 4.42 Å². The highest BCUT2D eigenvalue weighted by atomic mass is 127. The molecule has 2 rings (SSSR count). The van der Waals surface area contributed by atoms with Crippen molar-refractivity contribution in [2.45, 2.75) is 0 Å². The number of rotatable bonds is 1. The Morgan fingerprint density at radius 1 is 1.46 bits per heavy atom. The molecule has 0 aliphatic carbocycles. The third kappa shape index (κ3) is 1.83. The van der Waals surface area contributed by atoms with Crippen molar-refractivity contribution in [3.8, 4) is 11.4 Å². The first kappa shape index (κ1) is 8.96. The van der Waals surface area contributed by atoms with Gasteiger partial charge in [-0.3, -0.25) is 0 Å². The third-order valence-corrected chi connectivity index (χ3v) is 2.88. The number of hydrogen-bond donors (Lipinski definition) is 0. The average Bonchev–Trinajstić information content (AvgIpc) is 2.62. The number of nitrogens with zero attached hydrogens (tertiary/aromatic N) is 2. The average molecular weight is 306 g/mol. The number of hydrogen-bond acceptors (Lipinski definition) is 3. The van der Waals surface area contributed by atoms with E-state index in [9.17, 15) is 0 Å². The van der Waals surface area contributed by atoms with E-state index in [0.717, 1.165) is 9.13 Å². The van der Waals surface area contributed by atoms with Crippen LogP contribution in [0.5, 0.6) is 0 Å². The van der Waals surface area contributed by atoms with E-state index in [-0.39, 0.29) is 0 Å². The van der Waals surface area contributed by atoms with Crippen molar-refractivity contribution in [1.82, 2.24) is 9.97 Å². The molecule has 66 valence electrons. The first-order chi connectivity index (χ1) is 6.27. The smallest absolute Gasteiger partial charge is 0.164 e. The maximum absolute atomic E-state index is 5.84. The second-order valence-corrected chi connectivity index (χ2v) is 3.86. The van der Waals surface area contributed by atoms with Crippen molar-refractivity contribution in [1.29, 1.82) is 0 Å². The zero-order chi connectivity index (χ0) is 9.26. The molecule has 3 nitrogen and oxygen atoms in total. The minimum atomic E-state index is 0.465. The van der Waals surface area contributed by atoms with Crippen molar-refractivity contribution >= 4 is 34.2 Å². The molecule has 0 saturated carbocycles. The molecule has 0 amide bonds. The Kier molecular flexibility index (Phi) is 2.50. The van der Waals surface area contributed by atoms with E-state index >= 15 is 0 Å². The molecule has 0 radical (unpaired) electrons. The lowest BCUT2D eigenvalue weighted by Gasteiger charge is -1.97. The summed E-state index contributed by atoms with van der Waals surface area (Å²) in [5, 5.41) is 0.465. The van der Waals surface area contributed by atoms with Crippen molar-refractivity contribution in [3.05, 3.63) is 33.5 Å². The maximum Gasteiger partial charge on any atom is 0.164 e. The van der Waals surface area contributed by atoms with E-state index in [1.165, 1.54) is 0 Å². The summed E-state index contributed by atoms with van der Waals surface area (Å²) < 4.78 is 5.75. The van der Waals surface area contributed by atoms with Crippen molar-refractivity contribution in [2.75, 3.05) is 0 Å². The van der Waals surface area contributed by atoms with E-state index in [0.29, 0.717) is 11.0 Å². The van der Waals surface area contributed by atoms with E-state index in [1.807, 2.05) is 0 Å². The molecule has 0 atom stereocenters. The Labute approximate surface area is 93.3 Å². The van der Waals surface area contributed by atoms with E-state index < -0.39 is 0 Å². The predicted molar refractivity (Wildman–Crippen MR) is 57.5 cm³/mol. The normalized spacial score (nSPS) is 10.3. The van der Waals surface area contributed by atoms with Gasteiger partial charge >= 0.3 is 0 Å². The fourth-order valence-electron chi connectivity index (χ4n) is 0.877.